The number of carbonyl (C=O) groups is 3. The minimum Gasteiger partial charge on any atom is -0.481 e. The van der Waals surface area contributed by atoms with Crippen molar-refractivity contribution in [2.24, 2.45) is 5.73 Å². The van der Waals surface area contributed by atoms with Crippen LogP contribution in [0.15, 0.2) is 54.6 Å². The summed E-state index contributed by atoms with van der Waals surface area (Å²) < 4.78 is 0. The van der Waals surface area contributed by atoms with Gasteiger partial charge in [0.15, 0.2) is 0 Å². The highest BCUT2D eigenvalue weighted by atomic mass is 16.4. The maximum atomic E-state index is 12.4. The number of carboxylic acid groups (broad SMARTS) is 1. The van der Waals surface area contributed by atoms with Gasteiger partial charge in [0.1, 0.15) is 0 Å². The van der Waals surface area contributed by atoms with E-state index in [0.717, 1.165) is 6.42 Å². The first-order chi connectivity index (χ1) is 13.5. The van der Waals surface area contributed by atoms with Gasteiger partial charge in [0, 0.05) is 24.2 Å². The molecule has 0 aliphatic carbocycles. The standard InChI is InChI=1S/C21H25N3O4/c22-12-5-4-11-19(25)24-17-10-6-9-16(13-17)20(26)23-14-18(21(27)28)15-7-2-1-3-8-15/h1-3,6-10,13,18H,4-5,11-12,14,22H2,(H,23,26)(H,24,25)(H,27,28). The van der Waals surface area contributed by atoms with Crippen LogP contribution in [0, 0.1) is 0 Å². The van der Waals surface area contributed by atoms with Crippen molar-refractivity contribution < 1.29 is 19.5 Å². The minimum atomic E-state index is -1.01. The van der Waals surface area contributed by atoms with Crippen LogP contribution in [0.1, 0.15) is 41.1 Å². The summed E-state index contributed by atoms with van der Waals surface area (Å²) >= 11 is 0. The third-order valence-corrected chi connectivity index (χ3v) is 4.23. The predicted molar refractivity (Wildman–Crippen MR) is 107 cm³/mol. The Hall–Kier alpha value is -3.19. The zero-order valence-corrected chi connectivity index (χ0v) is 15.6. The van der Waals surface area contributed by atoms with Gasteiger partial charge in [-0.3, -0.25) is 14.4 Å². The van der Waals surface area contributed by atoms with Crippen molar-refractivity contribution in [1.82, 2.24) is 5.32 Å². The first-order valence-corrected chi connectivity index (χ1v) is 9.17. The lowest BCUT2D eigenvalue weighted by atomic mass is 9.99. The number of nitrogens with two attached hydrogens (primary N) is 1. The van der Waals surface area contributed by atoms with Gasteiger partial charge < -0.3 is 21.5 Å². The maximum absolute atomic E-state index is 12.4. The molecule has 0 aromatic heterocycles. The number of amides is 2. The summed E-state index contributed by atoms with van der Waals surface area (Å²) in [6, 6.07) is 15.3. The molecule has 148 valence electrons. The summed E-state index contributed by atoms with van der Waals surface area (Å²) in [6.45, 7) is 0.511. The summed E-state index contributed by atoms with van der Waals surface area (Å²) in [5, 5.41) is 14.8. The molecule has 2 aromatic carbocycles. The van der Waals surface area contributed by atoms with Crippen molar-refractivity contribution in [3.05, 3.63) is 65.7 Å². The molecule has 2 aromatic rings. The van der Waals surface area contributed by atoms with Crippen LogP contribution in [-0.4, -0.2) is 36.0 Å². The zero-order chi connectivity index (χ0) is 20.4. The summed E-state index contributed by atoms with van der Waals surface area (Å²) in [6.07, 6.45) is 1.85. The zero-order valence-electron chi connectivity index (χ0n) is 15.6. The fourth-order valence-electron chi connectivity index (χ4n) is 2.72. The molecular weight excluding hydrogens is 358 g/mol. The molecule has 7 heteroatoms. The lowest BCUT2D eigenvalue weighted by molar-refractivity contribution is -0.138. The monoisotopic (exact) mass is 383 g/mol. The molecule has 1 atom stereocenters. The van der Waals surface area contributed by atoms with Gasteiger partial charge in [-0.25, -0.2) is 0 Å². The first-order valence-electron chi connectivity index (χ1n) is 9.17. The number of carboxylic acids is 1. The number of nitrogens with one attached hydrogen (secondary N) is 2. The molecule has 2 rings (SSSR count). The van der Waals surface area contributed by atoms with Crippen LogP contribution < -0.4 is 16.4 Å². The summed E-state index contributed by atoms with van der Waals surface area (Å²) in [7, 11) is 0. The van der Waals surface area contributed by atoms with Crippen LogP contribution in [-0.2, 0) is 9.59 Å². The highest BCUT2D eigenvalue weighted by Crippen LogP contribution is 2.16. The van der Waals surface area contributed by atoms with Gasteiger partial charge in [-0.2, -0.15) is 0 Å². The smallest absolute Gasteiger partial charge is 0.312 e. The Balaban J connectivity index is 1.96. The molecule has 0 radical (unpaired) electrons. The lowest BCUT2D eigenvalue weighted by Gasteiger charge is -2.14. The second kappa shape index (κ2) is 10.8. The Morgan fingerprint density at radius 1 is 1.00 bits per heavy atom. The molecule has 0 bridgehead atoms. The fourth-order valence-corrected chi connectivity index (χ4v) is 2.72. The number of rotatable bonds is 10. The van der Waals surface area contributed by atoms with Crippen molar-refractivity contribution in [1.29, 1.82) is 0 Å². The van der Waals surface area contributed by atoms with Crippen LogP contribution in [0.4, 0.5) is 5.69 Å². The molecule has 0 saturated heterocycles. The number of hydrogen-bond donors (Lipinski definition) is 4. The molecule has 0 aliphatic heterocycles. The van der Waals surface area contributed by atoms with Crippen LogP contribution in [0.25, 0.3) is 0 Å². The molecule has 7 nitrogen and oxygen atoms in total. The molecular formula is C21H25N3O4. The average Bonchev–Trinajstić information content (AvgIpc) is 2.69. The van der Waals surface area contributed by atoms with E-state index >= 15 is 0 Å². The van der Waals surface area contributed by atoms with Gasteiger partial charge >= 0.3 is 5.97 Å². The SMILES string of the molecule is NCCCCC(=O)Nc1cccc(C(=O)NCC(C(=O)O)c2ccccc2)c1. The van der Waals surface area contributed by atoms with Gasteiger partial charge in [0.05, 0.1) is 5.92 Å². The summed E-state index contributed by atoms with van der Waals surface area (Å²) in [4.78, 5) is 35.8. The number of anilines is 1. The van der Waals surface area contributed by atoms with Crippen LogP contribution >= 0.6 is 0 Å². The van der Waals surface area contributed by atoms with Gasteiger partial charge in [-0.05, 0) is 43.1 Å². The molecule has 1 unspecified atom stereocenters. The topological polar surface area (TPSA) is 122 Å². The molecule has 0 heterocycles. The highest BCUT2D eigenvalue weighted by Gasteiger charge is 2.20. The molecule has 28 heavy (non-hydrogen) atoms. The molecule has 2 amide bonds. The van der Waals surface area contributed by atoms with E-state index in [1.54, 1.807) is 54.6 Å². The predicted octanol–water partition coefficient (Wildman–Crippen LogP) is 2.35. The Morgan fingerprint density at radius 2 is 1.75 bits per heavy atom. The average molecular weight is 383 g/mol. The Kier molecular flexibility index (Phi) is 8.17. The quantitative estimate of drug-likeness (QED) is 0.469. The van der Waals surface area contributed by atoms with Gasteiger partial charge in [0.2, 0.25) is 5.91 Å². The van der Waals surface area contributed by atoms with E-state index in [-0.39, 0.29) is 12.5 Å². The van der Waals surface area contributed by atoms with Crippen molar-refractivity contribution in [3.63, 3.8) is 0 Å². The molecule has 0 spiro atoms. The van der Waals surface area contributed by atoms with Crippen molar-refractivity contribution in [2.75, 3.05) is 18.4 Å². The molecule has 0 saturated carbocycles. The summed E-state index contributed by atoms with van der Waals surface area (Å²) in [5.74, 6) is -2.39. The second-order valence-electron chi connectivity index (χ2n) is 6.39. The number of carbonyl (C=O) groups excluding carboxylic acids is 2. The van der Waals surface area contributed by atoms with E-state index in [1.807, 2.05) is 0 Å². The number of unbranched alkanes of at least 4 members (excludes halogenated alkanes) is 1. The Morgan fingerprint density at radius 3 is 2.43 bits per heavy atom. The minimum absolute atomic E-state index is 0.0339. The van der Waals surface area contributed by atoms with E-state index in [2.05, 4.69) is 10.6 Å². The lowest BCUT2D eigenvalue weighted by Crippen LogP contribution is -2.31. The van der Waals surface area contributed by atoms with Crippen molar-refractivity contribution in [3.8, 4) is 0 Å². The fraction of sp³-hybridized carbons (Fsp3) is 0.286. The van der Waals surface area contributed by atoms with Gasteiger partial charge in [-0.15, -0.1) is 0 Å². The molecule has 5 N–H and O–H groups in total. The Bertz CT molecular complexity index is 808. The van der Waals surface area contributed by atoms with E-state index in [9.17, 15) is 19.5 Å². The largest absolute Gasteiger partial charge is 0.481 e. The molecule has 0 fully saturated rings. The van der Waals surface area contributed by atoms with E-state index < -0.39 is 17.8 Å². The number of hydrogen-bond acceptors (Lipinski definition) is 4. The van der Waals surface area contributed by atoms with Gasteiger partial charge in [-0.1, -0.05) is 36.4 Å². The third-order valence-electron chi connectivity index (χ3n) is 4.23. The van der Waals surface area contributed by atoms with Gasteiger partial charge in [0.25, 0.3) is 5.91 Å². The van der Waals surface area contributed by atoms with Crippen LogP contribution in [0.3, 0.4) is 0 Å². The highest BCUT2D eigenvalue weighted by molar-refractivity contribution is 5.97. The number of aliphatic carboxylic acids is 1. The van der Waals surface area contributed by atoms with E-state index in [1.165, 1.54) is 0 Å². The normalized spacial score (nSPS) is 11.5. The first kappa shape index (κ1) is 21.1. The van der Waals surface area contributed by atoms with E-state index in [0.29, 0.717) is 36.2 Å². The molecule has 0 aliphatic rings. The maximum Gasteiger partial charge on any atom is 0.312 e. The second-order valence-corrected chi connectivity index (χ2v) is 6.39. The van der Waals surface area contributed by atoms with E-state index in [4.69, 9.17) is 5.73 Å². The summed E-state index contributed by atoms with van der Waals surface area (Å²) in [5.41, 5.74) is 6.89. The third kappa shape index (κ3) is 6.51. The Labute approximate surface area is 163 Å². The van der Waals surface area contributed by atoms with Crippen molar-refractivity contribution in [2.45, 2.75) is 25.2 Å². The van der Waals surface area contributed by atoms with Crippen LogP contribution in [0.2, 0.25) is 0 Å². The number of benzene rings is 2. The van der Waals surface area contributed by atoms with Crippen molar-refractivity contribution >= 4 is 23.5 Å². The van der Waals surface area contributed by atoms with Crippen LogP contribution in [0.5, 0.6) is 0 Å².